The van der Waals surface area contributed by atoms with Gasteiger partial charge in [-0.2, -0.15) is 0 Å². The molecular formula is C13H15N3O2S3. The molecule has 0 saturated heterocycles. The van der Waals surface area contributed by atoms with Gasteiger partial charge in [-0.1, -0.05) is 24.4 Å². The molecule has 21 heavy (non-hydrogen) atoms. The van der Waals surface area contributed by atoms with Crippen LogP contribution in [0.2, 0.25) is 0 Å². The minimum Gasteiger partial charge on any atom is -0.393 e. The summed E-state index contributed by atoms with van der Waals surface area (Å²) in [6.07, 6.45) is 1.04. The zero-order valence-corrected chi connectivity index (χ0v) is 13.6. The zero-order chi connectivity index (χ0) is 15.3. The number of sulfonamides is 1. The Labute approximate surface area is 133 Å². The molecule has 2 aromatic rings. The molecule has 0 aliphatic rings. The highest BCUT2D eigenvalue weighted by atomic mass is 32.2. The van der Waals surface area contributed by atoms with Crippen LogP contribution in [0.4, 0.5) is 0 Å². The number of nitrogens with two attached hydrogens (primary N) is 1. The fourth-order valence-electron chi connectivity index (χ4n) is 1.75. The minimum absolute atomic E-state index is 0.229. The molecule has 5 nitrogen and oxygen atoms in total. The lowest BCUT2D eigenvalue weighted by Crippen LogP contribution is -2.26. The largest absolute Gasteiger partial charge is 0.393 e. The van der Waals surface area contributed by atoms with E-state index in [2.05, 4.69) is 9.71 Å². The van der Waals surface area contributed by atoms with Gasteiger partial charge in [0.05, 0.1) is 21.1 Å². The van der Waals surface area contributed by atoms with Gasteiger partial charge in [0.15, 0.2) is 0 Å². The Morgan fingerprint density at radius 2 is 2.05 bits per heavy atom. The number of hydrogen-bond acceptors (Lipinski definition) is 5. The summed E-state index contributed by atoms with van der Waals surface area (Å²) < 4.78 is 26.8. The van der Waals surface area contributed by atoms with Crippen LogP contribution in [0.3, 0.4) is 0 Å². The van der Waals surface area contributed by atoms with Gasteiger partial charge in [-0.05, 0) is 17.7 Å². The molecule has 1 aromatic heterocycles. The van der Waals surface area contributed by atoms with Crippen LogP contribution >= 0.6 is 23.6 Å². The van der Waals surface area contributed by atoms with E-state index in [0.717, 1.165) is 11.3 Å². The van der Waals surface area contributed by atoms with E-state index in [1.807, 2.05) is 5.38 Å². The highest BCUT2D eigenvalue weighted by Crippen LogP contribution is 2.11. The molecule has 0 atom stereocenters. The molecule has 0 spiro atoms. The third-order valence-electron chi connectivity index (χ3n) is 2.77. The first-order valence-corrected chi connectivity index (χ1v) is 9.05. The maximum atomic E-state index is 12.1. The molecule has 0 saturated carbocycles. The molecule has 0 bridgehead atoms. The van der Waals surface area contributed by atoms with E-state index in [9.17, 15) is 8.42 Å². The Kier molecular flexibility index (Phi) is 5.40. The van der Waals surface area contributed by atoms with Crippen molar-refractivity contribution in [3.63, 3.8) is 0 Å². The molecule has 3 N–H and O–H groups in total. The Bertz CT molecular complexity index is 695. The van der Waals surface area contributed by atoms with E-state index in [0.29, 0.717) is 24.4 Å². The van der Waals surface area contributed by atoms with Crippen molar-refractivity contribution in [1.82, 2.24) is 9.71 Å². The molecule has 0 fully saturated rings. The van der Waals surface area contributed by atoms with Crippen molar-refractivity contribution in [1.29, 1.82) is 0 Å². The molecule has 0 aliphatic carbocycles. The quantitative estimate of drug-likeness (QED) is 0.745. The van der Waals surface area contributed by atoms with E-state index in [1.165, 1.54) is 11.3 Å². The number of rotatable bonds is 7. The van der Waals surface area contributed by atoms with Gasteiger partial charge in [0.25, 0.3) is 0 Å². The second kappa shape index (κ2) is 7.08. The predicted molar refractivity (Wildman–Crippen MR) is 87.9 cm³/mol. The van der Waals surface area contributed by atoms with Crippen molar-refractivity contribution < 1.29 is 8.42 Å². The number of aromatic nitrogens is 1. The first-order chi connectivity index (χ1) is 9.97. The van der Waals surface area contributed by atoms with Gasteiger partial charge in [0.2, 0.25) is 10.0 Å². The number of benzene rings is 1. The summed E-state index contributed by atoms with van der Waals surface area (Å²) >= 11 is 6.31. The van der Waals surface area contributed by atoms with Crippen LogP contribution in [0.15, 0.2) is 40.1 Å². The maximum Gasteiger partial charge on any atom is 0.240 e. The van der Waals surface area contributed by atoms with Gasteiger partial charge in [0, 0.05) is 24.8 Å². The first-order valence-electron chi connectivity index (χ1n) is 6.21. The van der Waals surface area contributed by atoms with Crippen LogP contribution in [0.1, 0.15) is 11.3 Å². The van der Waals surface area contributed by atoms with Crippen molar-refractivity contribution in [2.45, 2.75) is 17.7 Å². The summed E-state index contributed by atoms with van der Waals surface area (Å²) in [6.45, 7) is 0.320. The standard InChI is InChI=1S/C13H15N3O2S3/c14-13(19)7-10-1-3-12(4-2-10)21(17,18)16-6-5-11-8-20-9-15-11/h1-4,8-9,16H,5-7H2,(H2,14,19). The number of nitrogens with zero attached hydrogens (tertiary/aromatic N) is 1. The Morgan fingerprint density at radius 3 is 2.62 bits per heavy atom. The molecule has 1 heterocycles. The Balaban J connectivity index is 1.96. The Hall–Kier alpha value is -1.35. The predicted octanol–water partition coefficient (Wildman–Crippen LogP) is 1.49. The highest BCUT2D eigenvalue weighted by molar-refractivity contribution is 7.89. The van der Waals surface area contributed by atoms with Crippen molar-refractivity contribution in [3.05, 3.63) is 46.4 Å². The zero-order valence-electron chi connectivity index (χ0n) is 11.2. The maximum absolute atomic E-state index is 12.1. The topological polar surface area (TPSA) is 85.1 Å². The molecule has 0 radical (unpaired) electrons. The fourth-order valence-corrected chi connectivity index (χ4v) is 3.54. The third-order valence-corrected chi connectivity index (χ3v) is 5.03. The van der Waals surface area contributed by atoms with E-state index >= 15 is 0 Å². The van der Waals surface area contributed by atoms with Crippen molar-refractivity contribution >= 4 is 38.6 Å². The summed E-state index contributed by atoms with van der Waals surface area (Å²) in [7, 11) is -3.50. The van der Waals surface area contributed by atoms with E-state index in [-0.39, 0.29) is 4.90 Å². The normalized spacial score (nSPS) is 11.4. The molecule has 2 rings (SSSR count). The third kappa shape index (κ3) is 4.85. The molecular weight excluding hydrogens is 326 g/mol. The summed E-state index contributed by atoms with van der Waals surface area (Å²) in [5.41, 5.74) is 8.96. The van der Waals surface area contributed by atoms with Gasteiger partial charge < -0.3 is 5.73 Å². The first kappa shape index (κ1) is 16.0. The van der Waals surface area contributed by atoms with E-state index in [4.69, 9.17) is 18.0 Å². The van der Waals surface area contributed by atoms with Gasteiger partial charge in [-0.15, -0.1) is 11.3 Å². The number of thiazole rings is 1. The number of thiocarbonyl (C=S) groups is 1. The van der Waals surface area contributed by atoms with Crippen molar-refractivity contribution in [3.8, 4) is 0 Å². The summed E-state index contributed by atoms with van der Waals surface area (Å²) in [6, 6.07) is 6.54. The monoisotopic (exact) mass is 341 g/mol. The van der Waals surface area contributed by atoms with E-state index in [1.54, 1.807) is 29.8 Å². The molecule has 0 aliphatic heterocycles. The van der Waals surface area contributed by atoms with Gasteiger partial charge in [0.1, 0.15) is 0 Å². The van der Waals surface area contributed by atoms with Crippen molar-refractivity contribution in [2.75, 3.05) is 6.54 Å². The van der Waals surface area contributed by atoms with Crippen LogP contribution < -0.4 is 10.5 Å². The molecule has 1 aromatic carbocycles. The van der Waals surface area contributed by atoms with Crippen molar-refractivity contribution in [2.24, 2.45) is 5.73 Å². The van der Waals surface area contributed by atoms with Crippen LogP contribution in [-0.2, 0) is 22.9 Å². The highest BCUT2D eigenvalue weighted by Gasteiger charge is 2.13. The smallest absolute Gasteiger partial charge is 0.240 e. The molecule has 0 unspecified atom stereocenters. The molecule has 0 amide bonds. The van der Waals surface area contributed by atoms with Gasteiger partial charge in [-0.25, -0.2) is 18.1 Å². The molecule has 112 valence electrons. The SMILES string of the molecule is NC(=S)Cc1ccc(S(=O)(=O)NCCc2cscn2)cc1. The molecule has 8 heteroatoms. The lowest BCUT2D eigenvalue weighted by atomic mass is 10.1. The van der Waals surface area contributed by atoms with Crippen LogP contribution in [0, 0.1) is 0 Å². The number of nitrogens with one attached hydrogen (secondary N) is 1. The average molecular weight is 341 g/mol. The lowest BCUT2D eigenvalue weighted by molar-refractivity contribution is 0.581. The summed E-state index contributed by atoms with van der Waals surface area (Å²) in [5, 5.41) is 1.90. The van der Waals surface area contributed by atoms with Crippen LogP contribution in [-0.4, -0.2) is 24.9 Å². The van der Waals surface area contributed by atoms with Gasteiger partial charge >= 0.3 is 0 Å². The number of hydrogen-bond donors (Lipinski definition) is 2. The second-order valence-corrected chi connectivity index (χ2v) is 7.42. The van der Waals surface area contributed by atoms with Crippen LogP contribution in [0.5, 0.6) is 0 Å². The minimum atomic E-state index is -3.50. The summed E-state index contributed by atoms with van der Waals surface area (Å²) in [5.74, 6) is 0. The van der Waals surface area contributed by atoms with Gasteiger partial charge in [-0.3, -0.25) is 0 Å². The average Bonchev–Trinajstić information content (AvgIpc) is 2.91. The lowest BCUT2D eigenvalue weighted by Gasteiger charge is -2.07. The van der Waals surface area contributed by atoms with E-state index < -0.39 is 10.0 Å². The fraction of sp³-hybridized carbons (Fsp3) is 0.231. The Morgan fingerprint density at radius 1 is 1.33 bits per heavy atom. The second-order valence-electron chi connectivity index (χ2n) is 4.41. The summed E-state index contributed by atoms with van der Waals surface area (Å²) in [4.78, 5) is 4.72. The van der Waals surface area contributed by atoms with Crippen LogP contribution in [0.25, 0.3) is 0 Å².